The van der Waals surface area contributed by atoms with Gasteiger partial charge in [-0.2, -0.15) is 0 Å². The lowest BCUT2D eigenvalue weighted by Crippen LogP contribution is -2.63. The third kappa shape index (κ3) is 2.85. The third-order valence-corrected chi connectivity index (χ3v) is 4.77. The topological polar surface area (TPSA) is 96.0 Å². The second-order valence-corrected chi connectivity index (χ2v) is 7.83. The van der Waals surface area contributed by atoms with E-state index in [2.05, 4.69) is 5.32 Å². The number of nitrogens with one attached hydrogen (secondary N) is 1. The maximum absolute atomic E-state index is 12.8. The number of rotatable bonds is 1. The van der Waals surface area contributed by atoms with Crippen molar-refractivity contribution in [3.05, 3.63) is 0 Å². The van der Waals surface area contributed by atoms with E-state index in [1.807, 2.05) is 0 Å². The molecule has 0 aromatic heterocycles. The molecule has 1 atom stereocenters. The van der Waals surface area contributed by atoms with E-state index in [-0.39, 0.29) is 18.2 Å². The molecule has 0 radical (unpaired) electrons. The van der Waals surface area contributed by atoms with Gasteiger partial charge in [0.2, 0.25) is 17.7 Å². The van der Waals surface area contributed by atoms with Crippen LogP contribution in [0.5, 0.6) is 0 Å². The number of amides is 4. The van der Waals surface area contributed by atoms with Crippen LogP contribution in [0.15, 0.2) is 0 Å². The lowest BCUT2D eigenvalue weighted by Gasteiger charge is -2.46. The van der Waals surface area contributed by atoms with Crippen LogP contribution in [-0.2, 0) is 19.1 Å². The van der Waals surface area contributed by atoms with Crippen LogP contribution >= 0.6 is 0 Å². The minimum Gasteiger partial charge on any atom is -0.444 e. The van der Waals surface area contributed by atoms with E-state index in [0.717, 1.165) is 0 Å². The number of carbonyl (C=O) groups excluding carboxylic acids is 4. The van der Waals surface area contributed by atoms with Crippen molar-refractivity contribution in [1.82, 2.24) is 15.1 Å². The van der Waals surface area contributed by atoms with Gasteiger partial charge in [-0.3, -0.25) is 19.7 Å². The second-order valence-electron chi connectivity index (χ2n) is 7.83. The molecule has 3 rings (SSSR count). The number of ether oxygens (including phenoxy) is 1. The molecule has 1 unspecified atom stereocenters. The summed E-state index contributed by atoms with van der Waals surface area (Å²) >= 11 is 0. The monoisotopic (exact) mass is 337 g/mol. The Hall–Kier alpha value is -2.12. The number of hydrogen-bond acceptors (Lipinski definition) is 5. The smallest absolute Gasteiger partial charge is 0.410 e. The van der Waals surface area contributed by atoms with Gasteiger partial charge in [0.05, 0.1) is 5.41 Å². The van der Waals surface area contributed by atoms with Gasteiger partial charge in [0.15, 0.2) is 0 Å². The van der Waals surface area contributed by atoms with Gasteiger partial charge in [0.1, 0.15) is 11.6 Å². The Kier molecular flexibility index (Phi) is 3.80. The molecule has 3 saturated heterocycles. The number of imide groups is 1. The van der Waals surface area contributed by atoms with Gasteiger partial charge in [-0.15, -0.1) is 0 Å². The minimum atomic E-state index is -0.599. The summed E-state index contributed by atoms with van der Waals surface area (Å²) in [5, 5.41) is 2.29. The maximum atomic E-state index is 12.8. The fraction of sp³-hybridized carbons (Fsp3) is 0.750. The van der Waals surface area contributed by atoms with Gasteiger partial charge in [-0.25, -0.2) is 4.79 Å². The van der Waals surface area contributed by atoms with Crippen LogP contribution in [0.2, 0.25) is 0 Å². The fourth-order valence-electron chi connectivity index (χ4n) is 3.56. The van der Waals surface area contributed by atoms with Gasteiger partial charge in [-0.05, 0) is 33.6 Å². The van der Waals surface area contributed by atoms with Gasteiger partial charge < -0.3 is 14.5 Å². The van der Waals surface area contributed by atoms with Gasteiger partial charge in [0.25, 0.3) is 0 Å². The van der Waals surface area contributed by atoms with E-state index in [9.17, 15) is 19.2 Å². The van der Waals surface area contributed by atoms with Crippen molar-refractivity contribution in [2.45, 2.75) is 51.7 Å². The van der Waals surface area contributed by atoms with Crippen molar-refractivity contribution in [1.29, 1.82) is 0 Å². The van der Waals surface area contributed by atoms with E-state index in [1.165, 1.54) is 4.90 Å². The summed E-state index contributed by atoms with van der Waals surface area (Å²) in [7, 11) is 0. The van der Waals surface area contributed by atoms with Crippen LogP contribution in [0.25, 0.3) is 0 Å². The van der Waals surface area contributed by atoms with Gasteiger partial charge in [-0.1, -0.05) is 0 Å². The summed E-state index contributed by atoms with van der Waals surface area (Å²) in [6.45, 7) is 6.52. The highest BCUT2D eigenvalue weighted by molar-refractivity contribution is 6.02. The summed E-state index contributed by atoms with van der Waals surface area (Å²) in [5.74, 6) is -0.797. The van der Waals surface area contributed by atoms with Crippen molar-refractivity contribution in [3.8, 4) is 0 Å². The van der Waals surface area contributed by atoms with Crippen molar-refractivity contribution >= 4 is 23.8 Å². The molecule has 132 valence electrons. The predicted molar refractivity (Wildman–Crippen MR) is 82.7 cm³/mol. The maximum Gasteiger partial charge on any atom is 0.410 e. The fourth-order valence-corrected chi connectivity index (χ4v) is 3.56. The molecule has 1 spiro atoms. The van der Waals surface area contributed by atoms with Crippen LogP contribution in [0, 0.1) is 5.41 Å². The molecule has 0 saturated carbocycles. The molecule has 0 bridgehead atoms. The van der Waals surface area contributed by atoms with Gasteiger partial charge >= 0.3 is 6.09 Å². The minimum absolute atomic E-state index is 0.100. The van der Waals surface area contributed by atoms with E-state index in [1.54, 1.807) is 25.7 Å². The second kappa shape index (κ2) is 5.46. The summed E-state index contributed by atoms with van der Waals surface area (Å²) in [5.41, 5.74) is -1.17. The van der Waals surface area contributed by atoms with Gasteiger partial charge in [0, 0.05) is 26.1 Å². The van der Waals surface area contributed by atoms with Crippen LogP contribution < -0.4 is 5.32 Å². The molecule has 3 aliphatic rings. The Bertz CT molecular complexity index is 603. The lowest BCUT2D eigenvalue weighted by atomic mass is 9.78. The Morgan fingerprint density at radius 2 is 1.92 bits per heavy atom. The lowest BCUT2D eigenvalue weighted by molar-refractivity contribution is -0.151. The normalized spacial score (nSPS) is 26.5. The number of nitrogens with zero attached hydrogens (tertiary/aromatic N) is 2. The van der Waals surface area contributed by atoms with Crippen LogP contribution in [0.1, 0.15) is 40.0 Å². The zero-order chi connectivity index (χ0) is 17.7. The average Bonchev–Trinajstić information content (AvgIpc) is 2.73. The van der Waals surface area contributed by atoms with Crippen molar-refractivity contribution in [3.63, 3.8) is 0 Å². The molecule has 0 aromatic carbocycles. The van der Waals surface area contributed by atoms with Crippen molar-refractivity contribution in [2.75, 3.05) is 19.6 Å². The van der Waals surface area contributed by atoms with Crippen LogP contribution in [-0.4, -0.2) is 64.9 Å². The van der Waals surface area contributed by atoms with E-state index >= 15 is 0 Å². The summed E-state index contributed by atoms with van der Waals surface area (Å²) in [6.07, 6.45) is 0.808. The summed E-state index contributed by atoms with van der Waals surface area (Å²) < 4.78 is 5.31. The Morgan fingerprint density at radius 1 is 1.25 bits per heavy atom. The van der Waals surface area contributed by atoms with E-state index in [4.69, 9.17) is 4.74 Å². The molecule has 1 N–H and O–H groups in total. The van der Waals surface area contributed by atoms with E-state index < -0.39 is 29.1 Å². The highest BCUT2D eigenvalue weighted by atomic mass is 16.6. The highest BCUT2D eigenvalue weighted by Gasteiger charge is 2.58. The molecule has 8 nitrogen and oxygen atoms in total. The standard InChI is InChI=1S/C16H23N3O5/c1-15(2,3)24-14(23)18-8-16(9-18)6-7-19(13(16)22)10-4-5-11(20)17-12(10)21/h10H,4-9H2,1-3H3,(H,17,20,21). The predicted octanol–water partition coefficient (Wildman–Crippen LogP) is 0.261. The average molecular weight is 337 g/mol. The Morgan fingerprint density at radius 3 is 2.50 bits per heavy atom. The molecule has 0 aliphatic carbocycles. The zero-order valence-electron chi connectivity index (χ0n) is 14.3. The summed E-state index contributed by atoms with van der Waals surface area (Å²) in [6, 6.07) is -0.579. The largest absolute Gasteiger partial charge is 0.444 e. The molecule has 24 heavy (non-hydrogen) atoms. The third-order valence-electron chi connectivity index (χ3n) is 4.77. The Labute approximate surface area is 140 Å². The molecule has 3 heterocycles. The Balaban J connectivity index is 1.61. The van der Waals surface area contributed by atoms with Crippen molar-refractivity contribution < 1.29 is 23.9 Å². The van der Waals surface area contributed by atoms with Crippen LogP contribution in [0.4, 0.5) is 4.79 Å². The first kappa shape index (κ1) is 16.7. The number of likely N-dealkylation sites (tertiary alicyclic amines) is 2. The molecule has 0 aromatic rings. The zero-order valence-corrected chi connectivity index (χ0v) is 14.3. The molecule has 4 amide bonds. The summed E-state index contributed by atoms with van der Waals surface area (Å²) in [4.78, 5) is 51.1. The SMILES string of the molecule is CC(C)(C)OC(=O)N1CC2(CCN(C3CCC(=O)NC3=O)C2=O)C1. The highest BCUT2D eigenvalue weighted by Crippen LogP contribution is 2.42. The molecule has 3 fully saturated rings. The number of carbonyl (C=O) groups is 4. The first-order chi connectivity index (χ1) is 11.1. The quantitative estimate of drug-likeness (QED) is 0.693. The first-order valence-electron chi connectivity index (χ1n) is 8.24. The molecule has 3 aliphatic heterocycles. The molecular weight excluding hydrogens is 314 g/mol. The van der Waals surface area contributed by atoms with Crippen molar-refractivity contribution in [2.24, 2.45) is 5.41 Å². The molecular formula is C16H23N3O5. The molecule has 8 heteroatoms. The van der Waals surface area contributed by atoms with E-state index in [0.29, 0.717) is 32.5 Å². The number of hydrogen-bond donors (Lipinski definition) is 1. The first-order valence-corrected chi connectivity index (χ1v) is 8.24. The van der Waals surface area contributed by atoms with Crippen LogP contribution in [0.3, 0.4) is 0 Å². The number of piperidine rings is 1.